The van der Waals surface area contributed by atoms with E-state index in [-0.39, 0.29) is 5.91 Å². The van der Waals surface area contributed by atoms with Gasteiger partial charge in [-0.05, 0) is 42.0 Å². The molecule has 5 nitrogen and oxygen atoms in total. The molecular weight excluding hydrogens is 388 g/mol. The predicted octanol–water partition coefficient (Wildman–Crippen LogP) is 4.44. The Hall–Kier alpha value is -2.53. The zero-order valence-corrected chi connectivity index (χ0v) is 19.1. The summed E-state index contributed by atoms with van der Waals surface area (Å²) in [7, 11) is 0. The lowest BCUT2D eigenvalue weighted by Crippen LogP contribution is -2.38. The van der Waals surface area contributed by atoms with Crippen LogP contribution in [0.2, 0.25) is 0 Å². The van der Waals surface area contributed by atoms with E-state index in [1.54, 1.807) is 6.92 Å². The normalized spacial score (nSPS) is 20.4. The third-order valence-corrected chi connectivity index (χ3v) is 6.35. The molecule has 2 aromatic carbocycles. The van der Waals surface area contributed by atoms with Crippen molar-refractivity contribution in [2.45, 2.75) is 40.2 Å². The number of rotatable bonds is 7. The molecule has 0 bridgehead atoms. The zero-order valence-electron chi connectivity index (χ0n) is 19.1. The molecular formula is C26H34N2O3. The maximum absolute atomic E-state index is 12.3. The molecule has 4 rings (SSSR count). The Balaban J connectivity index is 1.52. The highest BCUT2D eigenvalue weighted by Crippen LogP contribution is 2.36. The lowest BCUT2D eigenvalue weighted by Gasteiger charge is -2.29. The fraction of sp³-hybridized carbons (Fsp3) is 0.500. The van der Waals surface area contributed by atoms with Gasteiger partial charge in [-0.3, -0.25) is 9.69 Å². The molecule has 0 N–H and O–H groups in total. The van der Waals surface area contributed by atoms with Crippen molar-refractivity contribution < 1.29 is 14.3 Å². The van der Waals surface area contributed by atoms with Crippen molar-refractivity contribution in [1.29, 1.82) is 0 Å². The van der Waals surface area contributed by atoms with Crippen molar-refractivity contribution in [1.82, 2.24) is 9.80 Å². The summed E-state index contributed by atoms with van der Waals surface area (Å²) < 4.78 is 11.0. The minimum atomic E-state index is 0.172. The quantitative estimate of drug-likeness (QED) is 0.661. The van der Waals surface area contributed by atoms with Crippen LogP contribution in [0.4, 0.5) is 0 Å². The summed E-state index contributed by atoms with van der Waals surface area (Å²) in [6.07, 6.45) is 0. The Morgan fingerprint density at radius 3 is 2.55 bits per heavy atom. The van der Waals surface area contributed by atoms with Crippen LogP contribution >= 0.6 is 0 Å². The first-order valence-electron chi connectivity index (χ1n) is 11.3. The monoisotopic (exact) mass is 422 g/mol. The van der Waals surface area contributed by atoms with Crippen LogP contribution in [0.1, 0.15) is 43.4 Å². The molecule has 2 atom stereocenters. The van der Waals surface area contributed by atoms with Crippen molar-refractivity contribution >= 4 is 5.91 Å². The number of nitrogens with zero attached hydrogens (tertiary/aromatic N) is 2. The Morgan fingerprint density at radius 2 is 1.84 bits per heavy atom. The maximum atomic E-state index is 12.3. The molecule has 1 fully saturated rings. The number of amides is 1. The van der Waals surface area contributed by atoms with Gasteiger partial charge in [-0.25, -0.2) is 0 Å². The molecule has 1 amide bonds. The second kappa shape index (κ2) is 9.31. The van der Waals surface area contributed by atoms with E-state index in [1.165, 1.54) is 16.7 Å². The lowest BCUT2D eigenvalue weighted by atomic mass is 9.88. The number of hydrogen-bond acceptors (Lipinski definition) is 4. The van der Waals surface area contributed by atoms with E-state index in [1.807, 2.05) is 11.0 Å². The number of aryl methyl sites for hydroxylation is 1. The van der Waals surface area contributed by atoms with Crippen molar-refractivity contribution in [2.24, 2.45) is 11.8 Å². The van der Waals surface area contributed by atoms with Crippen molar-refractivity contribution in [3.63, 3.8) is 0 Å². The van der Waals surface area contributed by atoms with Crippen LogP contribution in [0, 0.1) is 18.8 Å². The van der Waals surface area contributed by atoms with Crippen LogP contribution in [0.15, 0.2) is 42.5 Å². The van der Waals surface area contributed by atoms with Crippen LogP contribution in [0.5, 0.6) is 11.5 Å². The first-order chi connectivity index (χ1) is 14.9. The van der Waals surface area contributed by atoms with Crippen molar-refractivity contribution in [3.8, 4) is 11.5 Å². The minimum absolute atomic E-state index is 0.172. The number of likely N-dealkylation sites (tertiary alicyclic amines) is 1. The average molecular weight is 423 g/mol. The van der Waals surface area contributed by atoms with Gasteiger partial charge in [-0.15, -0.1) is 0 Å². The van der Waals surface area contributed by atoms with Crippen LogP contribution in [-0.4, -0.2) is 48.7 Å². The average Bonchev–Trinajstić information content (AvgIpc) is 3.34. The van der Waals surface area contributed by atoms with E-state index in [0.717, 1.165) is 44.2 Å². The van der Waals surface area contributed by atoms with Gasteiger partial charge < -0.3 is 14.4 Å². The third-order valence-electron chi connectivity index (χ3n) is 6.35. The predicted molar refractivity (Wildman–Crippen MR) is 122 cm³/mol. The summed E-state index contributed by atoms with van der Waals surface area (Å²) >= 11 is 0. The highest BCUT2D eigenvalue weighted by Gasteiger charge is 2.35. The Bertz CT molecular complexity index is 909. The highest BCUT2D eigenvalue weighted by molar-refractivity contribution is 5.73. The summed E-state index contributed by atoms with van der Waals surface area (Å²) in [5.74, 6) is 3.14. The Labute approximate surface area is 185 Å². The molecule has 2 unspecified atom stereocenters. The van der Waals surface area contributed by atoms with Gasteiger partial charge in [-0.1, -0.05) is 49.7 Å². The maximum Gasteiger partial charge on any atom is 0.231 e. The summed E-state index contributed by atoms with van der Waals surface area (Å²) in [5, 5.41) is 0. The standard InChI is InChI=1S/C26H34N2O3/c1-18(2)12-28(20(4)29)15-23-14-27(16-24(23)22-8-5-19(3)6-9-22)13-21-7-10-25-26(11-21)31-17-30-25/h5-11,18,23-24H,12-17H2,1-4H3. The minimum Gasteiger partial charge on any atom is -0.454 e. The van der Waals surface area contributed by atoms with Crippen LogP contribution in [-0.2, 0) is 11.3 Å². The van der Waals surface area contributed by atoms with Crippen molar-refractivity contribution in [3.05, 3.63) is 59.2 Å². The Morgan fingerprint density at radius 1 is 1.10 bits per heavy atom. The van der Waals surface area contributed by atoms with E-state index in [9.17, 15) is 4.79 Å². The topological polar surface area (TPSA) is 42.0 Å². The molecule has 2 aromatic rings. The molecule has 0 radical (unpaired) electrons. The van der Waals surface area contributed by atoms with Gasteiger partial charge in [0.1, 0.15) is 0 Å². The first-order valence-corrected chi connectivity index (χ1v) is 11.3. The summed E-state index contributed by atoms with van der Waals surface area (Å²) in [6.45, 7) is 13.0. The molecule has 0 spiro atoms. The van der Waals surface area contributed by atoms with Gasteiger partial charge in [0, 0.05) is 45.6 Å². The molecule has 2 aliphatic rings. The fourth-order valence-electron chi connectivity index (χ4n) is 4.82. The Kier molecular flexibility index (Phi) is 6.51. The molecule has 0 aromatic heterocycles. The third kappa shape index (κ3) is 5.21. The smallest absolute Gasteiger partial charge is 0.231 e. The number of carbonyl (C=O) groups is 1. The van der Waals surface area contributed by atoms with Gasteiger partial charge >= 0.3 is 0 Å². The van der Waals surface area contributed by atoms with E-state index in [2.05, 4.69) is 62.1 Å². The number of benzene rings is 2. The number of carbonyl (C=O) groups excluding carboxylic acids is 1. The van der Waals surface area contributed by atoms with Crippen LogP contribution < -0.4 is 9.47 Å². The van der Waals surface area contributed by atoms with E-state index < -0.39 is 0 Å². The second-order valence-electron chi connectivity index (χ2n) is 9.48. The van der Waals surface area contributed by atoms with E-state index in [4.69, 9.17) is 9.47 Å². The van der Waals surface area contributed by atoms with Gasteiger partial charge in [-0.2, -0.15) is 0 Å². The van der Waals surface area contributed by atoms with Gasteiger partial charge in [0.05, 0.1) is 0 Å². The SMILES string of the molecule is CC(=O)N(CC(C)C)CC1CN(Cc2ccc3c(c2)OCO3)CC1c1ccc(C)cc1. The van der Waals surface area contributed by atoms with Crippen LogP contribution in [0.3, 0.4) is 0 Å². The zero-order chi connectivity index (χ0) is 22.0. The van der Waals surface area contributed by atoms with Gasteiger partial charge in [0.2, 0.25) is 12.7 Å². The summed E-state index contributed by atoms with van der Waals surface area (Å²) in [4.78, 5) is 16.9. The number of ether oxygens (including phenoxy) is 2. The molecule has 31 heavy (non-hydrogen) atoms. The molecule has 5 heteroatoms. The molecule has 2 heterocycles. The first kappa shape index (κ1) is 21.7. The van der Waals surface area contributed by atoms with Gasteiger partial charge in [0.25, 0.3) is 0 Å². The van der Waals surface area contributed by atoms with E-state index in [0.29, 0.717) is 24.5 Å². The number of hydrogen-bond donors (Lipinski definition) is 0. The number of fused-ring (bicyclic) bond motifs is 1. The molecule has 1 saturated heterocycles. The lowest BCUT2D eigenvalue weighted by molar-refractivity contribution is -0.130. The largest absolute Gasteiger partial charge is 0.454 e. The van der Waals surface area contributed by atoms with Crippen LogP contribution in [0.25, 0.3) is 0 Å². The second-order valence-corrected chi connectivity index (χ2v) is 9.48. The molecule has 2 aliphatic heterocycles. The van der Waals surface area contributed by atoms with Crippen molar-refractivity contribution in [2.75, 3.05) is 33.0 Å². The summed E-state index contributed by atoms with van der Waals surface area (Å²) in [5.41, 5.74) is 3.88. The molecule has 0 saturated carbocycles. The molecule has 0 aliphatic carbocycles. The molecule has 166 valence electrons. The fourth-order valence-corrected chi connectivity index (χ4v) is 4.82. The van der Waals surface area contributed by atoms with E-state index >= 15 is 0 Å². The van der Waals surface area contributed by atoms with Gasteiger partial charge in [0.15, 0.2) is 11.5 Å². The summed E-state index contributed by atoms with van der Waals surface area (Å²) in [6, 6.07) is 15.1. The highest BCUT2D eigenvalue weighted by atomic mass is 16.7.